The number of hydrogen-bond donors (Lipinski definition) is 2. The lowest BCUT2D eigenvalue weighted by Gasteiger charge is -2.29. The molecule has 0 aromatic heterocycles. The molecule has 0 spiro atoms. The van der Waals surface area contributed by atoms with Crippen molar-refractivity contribution < 1.29 is 5.11 Å². The summed E-state index contributed by atoms with van der Waals surface area (Å²) < 4.78 is 0. The number of rotatable bonds is 3. The van der Waals surface area contributed by atoms with E-state index in [2.05, 4.69) is 30.4 Å². The third-order valence-electron chi connectivity index (χ3n) is 4.75. The van der Waals surface area contributed by atoms with Crippen molar-refractivity contribution in [2.45, 2.75) is 70.1 Å². The number of aryl methyl sites for hydroxylation is 2. The monoisotopic (exact) mass is 259 g/mol. The first-order chi connectivity index (χ1) is 9.22. The number of aliphatic hydroxyl groups excluding tert-OH is 1. The van der Waals surface area contributed by atoms with Crippen molar-refractivity contribution in [3.8, 4) is 0 Å². The van der Waals surface area contributed by atoms with Gasteiger partial charge in [0.15, 0.2) is 0 Å². The molecule has 0 heterocycles. The van der Waals surface area contributed by atoms with E-state index in [0.717, 1.165) is 19.3 Å². The maximum atomic E-state index is 9.75. The van der Waals surface area contributed by atoms with Gasteiger partial charge in [0.2, 0.25) is 0 Å². The molecule has 0 bridgehead atoms. The highest BCUT2D eigenvalue weighted by molar-refractivity contribution is 5.36. The predicted molar refractivity (Wildman–Crippen MR) is 78.3 cm³/mol. The van der Waals surface area contributed by atoms with Gasteiger partial charge >= 0.3 is 0 Å². The minimum Gasteiger partial charge on any atom is -0.393 e. The van der Waals surface area contributed by atoms with Crippen LogP contribution in [0.3, 0.4) is 0 Å². The molecule has 3 rings (SSSR count). The molecule has 1 aromatic rings. The predicted octanol–water partition coefficient (Wildman–Crippen LogP) is 3.13. The zero-order chi connectivity index (χ0) is 13.2. The molecule has 104 valence electrons. The lowest BCUT2D eigenvalue weighted by atomic mass is 9.91. The fraction of sp³-hybridized carbons (Fsp3) is 0.647. The molecular weight excluding hydrogens is 234 g/mol. The van der Waals surface area contributed by atoms with Gasteiger partial charge in [-0.15, -0.1) is 0 Å². The van der Waals surface area contributed by atoms with Gasteiger partial charge in [0.1, 0.15) is 0 Å². The van der Waals surface area contributed by atoms with Crippen molar-refractivity contribution in [3.05, 3.63) is 34.9 Å². The molecule has 19 heavy (non-hydrogen) atoms. The van der Waals surface area contributed by atoms with Gasteiger partial charge < -0.3 is 10.4 Å². The number of nitrogens with one attached hydrogen (secondary N) is 1. The first kappa shape index (κ1) is 13.1. The highest BCUT2D eigenvalue weighted by Gasteiger charge is 2.22. The van der Waals surface area contributed by atoms with Crippen LogP contribution in [0.25, 0.3) is 0 Å². The molecule has 2 N–H and O–H groups in total. The van der Waals surface area contributed by atoms with Crippen molar-refractivity contribution in [3.63, 3.8) is 0 Å². The Hall–Kier alpha value is -0.860. The second-order valence-electron chi connectivity index (χ2n) is 6.29. The molecule has 2 nitrogen and oxygen atoms in total. The van der Waals surface area contributed by atoms with Crippen molar-refractivity contribution in [1.82, 2.24) is 5.32 Å². The van der Waals surface area contributed by atoms with Gasteiger partial charge in [0.05, 0.1) is 6.10 Å². The lowest BCUT2D eigenvalue weighted by molar-refractivity contribution is 0.109. The normalized spacial score (nSPS) is 28.1. The van der Waals surface area contributed by atoms with Crippen LogP contribution in [0.15, 0.2) is 18.2 Å². The van der Waals surface area contributed by atoms with Crippen LogP contribution < -0.4 is 5.32 Å². The van der Waals surface area contributed by atoms with E-state index in [1.54, 1.807) is 11.1 Å². The zero-order valence-electron chi connectivity index (χ0n) is 11.9. The Morgan fingerprint density at radius 2 is 2.00 bits per heavy atom. The molecule has 2 aliphatic carbocycles. The van der Waals surface area contributed by atoms with Crippen LogP contribution in [0.4, 0.5) is 0 Å². The summed E-state index contributed by atoms with van der Waals surface area (Å²) in [7, 11) is 0. The smallest absolute Gasteiger partial charge is 0.0555 e. The highest BCUT2D eigenvalue weighted by Crippen LogP contribution is 2.27. The van der Waals surface area contributed by atoms with E-state index < -0.39 is 0 Å². The molecule has 0 aliphatic heterocycles. The molecule has 1 saturated carbocycles. The van der Waals surface area contributed by atoms with E-state index >= 15 is 0 Å². The first-order valence-electron chi connectivity index (χ1n) is 7.78. The summed E-state index contributed by atoms with van der Waals surface area (Å²) in [5.74, 6) is 0. The van der Waals surface area contributed by atoms with Gasteiger partial charge in [0.25, 0.3) is 0 Å². The quantitative estimate of drug-likeness (QED) is 0.874. The fourth-order valence-electron chi connectivity index (χ4n) is 3.63. The van der Waals surface area contributed by atoms with Crippen molar-refractivity contribution >= 4 is 0 Å². The second-order valence-corrected chi connectivity index (χ2v) is 6.29. The molecule has 0 saturated heterocycles. The fourth-order valence-corrected chi connectivity index (χ4v) is 3.63. The van der Waals surface area contributed by atoms with Gasteiger partial charge in [-0.3, -0.25) is 0 Å². The largest absolute Gasteiger partial charge is 0.393 e. The molecular formula is C17H25NO. The van der Waals surface area contributed by atoms with Gasteiger partial charge in [0, 0.05) is 12.1 Å². The maximum absolute atomic E-state index is 9.75. The molecule has 3 unspecified atom stereocenters. The summed E-state index contributed by atoms with van der Waals surface area (Å²) in [6.45, 7) is 2.25. The third kappa shape index (κ3) is 3.01. The van der Waals surface area contributed by atoms with Gasteiger partial charge in [-0.05, 0) is 68.6 Å². The lowest BCUT2D eigenvalue weighted by Crippen LogP contribution is -2.37. The van der Waals surface area contributed by atoms with Crippen LogP contribution in [-0.2, 0) is 12.8 Å². The van der Waals surface area contributed by atoms with Crippen molar-refractivity contribution in [2.24, 2.45) is 0 Å². The average molecular weight is 259 g/mol. The van der Waals surface area contributed by atoms with Crippen LogP contribution in [0.2, 0.25) is 0 Å². The van der Waals surface area contributed by atoms with E-state index in [9.17, 15) is 5.11 Å². The topological polar surface area (TPSA) is 32.3 Å². The molecule has 2 aliphatic rings. The van der Waals surface area contributed by atoms with Crippen molar-refractivity contribution in [2.75, 3.05) is 0 Å². The second kappa shape index (κ2) is 5.64. The molecule has 0 amide bonds. The summed E-state index contributed by atoms with van der Waals surface area (Å²) in [6, 6.07) is 7.85. The molecule has 0 radical (unpaired) electrons. The SMILES string of the molecule is CC(NC1CCCC(O)C1)c1ccc2c(c1)CCC2. The van der Waals surface area contributed by atoms with E-state index in [1.807, 2.05) is 0 Å². The Bertz CT molecular complexity index is 443. The number of hydrogen-bond acceptors (Lipinski definition) is 2. The van der Waals surface area contributed by atoms with Crippen LogP contribution in [0.1, 0.15) is 61.8 Å². The zero-order valence-corrected chi connectivity index (χ0v) is 11.9. The Morgan fingerprint density at radius 1 is 1.16 bits per heavy atom. The Labute approximate surface area is 116 Å². The number of aliphatic hydroxyl groups is 1. The molecule has 2 heteroatoms. The average Bonchev–Trinajstić information content (AvgIpc) is 2.85. The molecule has 1 aromatic carbocycles. The first-order valence-corrected chi connectivity index (χ1v) is 7.78. The molecule has 3 atom stereocenters. The van der Waals surface area contributed by atoms with Crippen LogP contribution >= 0.6 is 0 Å². The standard InChI is InChI=1S/C17H25NO/c1-12(18-16-6-3-7-17(19)11-16)14-9-8-13-4-2-5-15(13)10-14/h8-10,12,16-19H,2-7,11H2,1H3. The summed E-state index contributed by atoms with van der Waals surface area (Å²) in [5.41, 5.74) is 4.50. The molecule has 1 fully saturated rings. The Kier molecular flexibility index (Phi) is 3.90. The Balaban J connectivity index is 1.65. The number of fused-ring (bicyclic) bond motifs is 1. The van der Waals surface area contributed by atoms with Gasteiger partial charge in [-0.25, -0.2) is 0 Å². The van der Waals surface area contributed by atoms with E-state index in [4.69, 9.17) is 0 Å². The summed E-state index contributed by atoms with van der Waals surface area (Å²) in [4.78, 5) is 0. The maximum Gasteiger partial charge on any atom is 0.0555 e. The number of benzene rings is 1. The minimum absolute atomic E-state index is 0.0986. The van der Waals surface area contributed by atoms with Crippen LogP contribution in [-0.4, -0.2) is 17.3 Å². The van der Waals surface area contributed by atoms with Gasteiger partial charge in [-0.2, -0.15) is 0 Å². The minimum atomic E-state index is -0.0986. The van der Waals surface area contributed by atoms with E-state index in [-0.39, 0.29) is 6.10 Å². The summed E-state index contributed by atoms with van der Waals surface area (Å²) in [6.07, 6.45) is 7.96. The van der Waals surface area contributed by atoms with Crippen LogP contribution in [0.5, 0.6) is 0 Å². The van der Waals surface area contributed by atoms with Crippen molar-refractivity contribution in [1.29, 1.82) is 0 Å². The third-order valence-corrected chi connectivity index (χ3v) is 4.75. The van der Waals surface area contributed by atoms with Crippen LogP contribution in [0, 0.1) is 0 Å². The van der Waals surface area contributed by atoms with E-state index in [1.165, 1.54) is 31.2 Å². The highest BCUT2D eigenvalue weighted by atomic mass is 16.3. The van der Waals surface area contributed by atoms with E-state index in [0.29, 0.717) is 12.1 Å². The Morgan fingerprint density at radius 3 is 2.84 bits per heavy atom. The summed E-state index contributed by atoms with van der Waals surface area (Å²) in [5, 5.41) is 13.4. The van der Waals surface area contributed by atoms with Gasteiger partial charge in [-0.1, -0.05) is 18.2 Å². The summed E-state index contributed by atoms with van der Waals surface area (Å²) >= 11 is 0.